The molecule has 0 aliphatic rings. The van der Waals surface area contributed by atoms with Crippen molar-refractivity contribution in [3.8, 4) is 0 Å². The first-order valence-corrected chi connectivity index (χ1v) is 12.6. The maximum absolute atomic E-state index is 4.64. The van der Waals surface area contributed by atoms with E-state index in [2.05, 4.69) is 50.5 Å². The van der Waals surface area contributed by atoms with Gasteiger partial charge in [0.25, 0.3) is 0 Å². The molecular formula is C32H28IrN6-2. The predicted molar refractivity (Wildman–Crippen MR) is 147 cm³/mol. The molecule has 0 atom stereocenters. The van der Waals surface area contributed by atoms with E-state index in [1.165, 1.54) is 11.1 Å². The van der Waals surface area contributed by atoms with Crippen LogP contribution in [0.1, 0.15) is 33.9 Å². The molecule has 6 rings (SSSR count). The van der Waals surface area contributed by atoms with E-state index in [0.717, 1.165) is 42.2 Å². The van der Waals surface area contributed by atoms with Crippen LogP contribution in [-0.2, 0) is 46.0 Å². The van der Waals surface area contributed by atoms with E-state index in [0.29, 0.717) is 6.54 Å². The summed E-state index contributed by atoms with van der Waals surface area (Å²) in [5.74, 6) is 0. The van der Waals surface area contributed by atoms with Crippen molar-refractivity contribution in [2.75, 3.05) is 0 Å². The van der Waals surface area contributed by atoms with Crippen LogP contribution in [0.15, 0.2) is 122 Å². The molecule has 0 saturated carbocycles. The Morgan fingerprint density at radius 2 is 1.31 bits per heavy atom. The Morgan fingerprint density at radius 3 is 2.00 bits per heavy atom. The van der Waals surface area contributed by atoms with Crippen molar-refractivity contribution >= 4 is 0 Å². The minimum Gasteiger partial charge on any atom is -0.469 e. The fourth-order valence-electron chi connectivity index (χ4n) is 4.04. The van der Waals surface area contributed by atoms with E-state index in [1.807, 2.05) is 107 Å². The smallest absolute Gasteiger partial charge is 0.0831 e. The summed E-state index contributed by atoms with van der Waals surface area (Å²) in [5.41, 5.74) is 6.49. The van der Waals surface area contributed by atoms with Crippen molar-refractivity contribution in [2.45, 2.75) is 25.9 Å². The van der Waals surface area contributed by atoms with Gasteiger partial charge in [0.2, 0.25) is 0 Å². The molecule has 0 N–H and O–H groups in total. The van der Waals surface area contributed by atoms with E-state index in [9.17, 15) is 0 Å². The van der Waals surface area contributed by atoms with Gasteiger partial charge >= 0.3 is 0 Å². The van der Waals surface area contributed by atoms with E-state index in [-0.39, 0.29) is 20.1 Å². The summed E-state index contributed by atoms with van der Waals surface area (Å²) >= 11 is 0. The Morgan fingerprint density at radius 1 is 0.590 bits per heavy atom. The minimum absolute atomic E-state index is 0. The maximum atomic E-state index is 4.64. The molecular weight excluding hydrogens is 661 g/mol. The molecule has 197 valence electrons. The Labute approximate surface area is 242 Å². The summed E-state index contributed by atoms with van der Waals surface area (Å²) in [6.45, 7) is 1.51. The quantitative estimate of drug-likeness (QED) is 0.200. The van der Waals surface area contributed by atoms with Crippen molar-refractivity contribution in [2.24, 2.45) is 0 Å². The monoisotopic (exact) mass is 689 g/mol. The molecule has 0 aliphatic carbocycles. The molecule has 0 bridgehead atoms. The molecule has 39 heavy (non-hydrogen) atoms. The first kappa shape index (κ1) is 27.8. The number of hydrogen-bond donors (Lipinski definition) is 0. The second-order valence-corrected chi connectivity index (χ2v) is 8.79. The van der Waals surface area contributed by atoms with Crippen LogP contribution in [-0.4, -0.2) is 29.3 Å². The zero-order valence-corrected chi connectivity index (χ0v) is 23.8. The van der Waals surface area contributed by atoms with Gasteiger partial charge < -0.3 is 4.57 Å². The van der Waals surface area contributed by atoms with Gasteiger partial charge in [-0.3, -0.25) is 19.6 Å². The summed E-state index contributed by atoms with van der Waals surface area (Å²) in [6.07, 6.45) is 14.1. The van der Waals surface area contributed by atoms with E-state index in [4.69, 9.17) is 0 Å². The summed E-state index contributed by atoms with van der Waals surface area (Å²) in [4.78, 5) is 13.3. The maximum Gasteiger partial charge on any atom is 0.0831 e. The average Bonchev–Trinajstić information content (AvgIpc) is 3.66. The average molecular weight is 689 g/mol. The summed E-state index contributed by atoms with van der Waals surface area (Å²) in [5, 5.41) is 4.19. The summed E-state index contributed by atoms with van der Waals surface area (Å²) in [7, 11) is 0. The number of aromatic nitrogens is 6. The largest absolute Gasteiger partial charge is 0.469 e. The van der Waals surface area contributed by atoms with Crippen LogP contribution in [0.4, 0.5) is 0 Å². The molecule has 0 spiro atoms. The standard InChI is InChI=1S/C17H14N2.C15H14N4.Ir/c1-2-9-18-17(8-1)13-15-6-5-7-16(12-15)14-19-10-3-4-11-19;1-2-8-16-13(5-1)11-14-6-3-7-15(18-14)12-19-10-4-9-17-19;/h1-10H,13-14H2;1-10H,11-12H2;/q-2;;. The van der Waals surface area contributed by atoms with E-state index in [1.54, 1.807) is 6.20 Å². The Kier molecular flexibility index (Phi) is 10.5. The SMILES string of the molecule is [Ir].[c-]1c(Cc2ccccn2)cccc1Cn1[c-]ccc1.c1ccc(Cc2cccc(Cn3cccn3)n2)nc1. The normalized spacial score (nSPS) is 10.3. The fraction of sp³-hybridized carbons (Fsp3) is 0.125. The second-order valence-electron chi connectivity index (χ2n) is 8.79. The van der Waals surface area contributed by atoms with Crippen LogP contribution >= 0.6 is 0 Å². The molecule has 1 aromatic carbocycles. The van der Waals surface area contributed by atoms with Crippen LogP contribution in [0.5, 0.6) is 0 Å². The van der Waals surface area contributed by atoms with Gasteiger partial charge in [0, 0.05) is 74.9 Å². The van der Waals surface area contributed by atoms with Gasteiger partial charge in [0.15, 0.2) is 0 Å². The molecule has 7 heteroatoms. The molecule has 0 aliphatic heterocycles. The van der Waals surface area contributed by atoms with Crippen LogP contribution in [0.2, 0.25) is 0 Å². The number of benzene rings is 1. The molecule has 6 aromatic rings. The Hall–Kier alpha value is -4.19. The Bertz CT molecular complexity index is 1380. The van der Waals surface area contributed by atoms with Gasteiger partial charge in [0.1, 0.15) is 0 Å². The number of hydrogen-bond acceptors (Lipinski definition) is 4. The molecule has 6 nitrogen and oxygen atoms in total. The van der Waals surface area contributed by atoms with Crippen molar-refractivity contribution in [3.05, 3.63) is 168 Å². The Balaban J connectivity index is 0.000000176. The van der Waals surface area contributed by atoms with Gasteiger partial charge in [-0.2, -0.15) is 47.1 Å². The summed E-state index contributed by atoms with van der Waals surface area (Å²) < 4.78 is 3.89. The van der Waals surface area contributed by atoms with E-state index < -0.39 is 0 Å². The van der Waals surface area contributed by atoms with Crippen molar-refractivity contribution in [3.63, 3.8) is 0 Å². The van der Waals surface area contributed by atoms with Gasteiger partial charge in [-0.15, -0.1) is 18.0 Å². The molecule has 5 heterocycles. The fourth-order valence-corrected chi connectivity index (χ4v) is 4.04. The molecule has 0 fully saturated rings. The van der Waals surface area contributed by atoms with Gasteiger partial charge in [-0.1, -0.05) is 18.2 Å². The van der Waals surface area contributed by atoms with E-state index >= 15 is 0 Å². The third kappa shape index (κ3) is 8.95. The van der Waals surface area contributed by atoms with Crippen LogP contribution in [0.3, 0.4) is 0 Å². The number of pyridine rings is 3. The zero-order chi connectivity index (χ0) is 25.8. The topological polar surface area (TPSA) is 61.4 Å². The first-order valence-electron chi connectivity index (χ1n) is 12.6. The molecule has 0 amide bonds. The molecule has 5 aromatic heterocycles. The molecule has 0 unspecified atom stereocenters. The zero-order valence-electron chi connectivity index (χ0n) is 21.4. The van der Waals surface area contributed by atoms with Crippen molar-refractivity contribution in [1.29, 1.82) is 0 Å². The molecule has 0 saturated heterocycles. The van der Waals surface area contributed by atoms with Gasteiger partial charge in [0.05, 0.1) is 12.2 Å². The molecule has 1 radical (unpaired) electrons. The minimum atomic E-state index is 0. The van der Waals surface area contributed by atoms with Crippen molar-refractivity contribution < 1.29 is 20.1 Å². The van der Waals surface area contributed by atoms with Gasteiger partial charge in [-0.25, -0.2) is 0 Å². The third-order valence-corrected chi connectivity index (χ3v) is 5.79. The first-order chi connectivity index (χ1) is 18.8. The summed E-state index contributed by atoms with van der Waals surface area (Å²) in [6, 6.07) is 33.5. The third-order valence-electron chi connectivity index (χ3n) is 5.79. The van der Waals surface area contributed by atoms with Crippen LogP contribution in [0.25, 0.3) is 0 Å². The number of nitrogens with zero attached hydrogens (tertiary/aromatic N) is 6. The van der Waals surface area contributed by atoms with Gasteiger partial charge in [-0.05, 0) is 48.9 Å². The van der Waals surface area contributed by atoms with Crippen LogP contribution in [0, 0.1) is 12.3 Å². The van der Waals surface area contributed by atoms with Crippen LogP contribution < -0.4 is 0 Å². The predicted octanol–water partition coefficient (Wildman–Crippen LogP) is 5.43. The second kappa shape index (κ2) is 14.7. The van der Waals surface area contributed by atoms with Crippen molar-refractivity contribution in [1.82, 2.24) is 29.3 Å². The number of rotatable bonds is 8.